The van der Waals surface area contributed by atoms with E-state index in [4.69, 9.17) is 0 Å². The smallest absolute Gasteiger partial charge is 0.000969 e. The highest BCUT2D eigenvalue weighted by Gasteiger charge is 2.50. The van der Waals surface area contributed by atoms with E-state index in [9.17, 15) is 0 Å². The van der Waals surface area contributed by atoms with E-state index in [0.717, 1.165) is 29.7 Å². The molecule has 4 aliphatic carbocycles. The molecule has 0 aromatic heterocycles. The van der Waals surface area contributed by atoms with E-state index in [0.29, 0.717) is 0 Å². The van der Waals surface area contributed by atoms with Crippen molar-refractivity contribution in [3.63, 3.8) is 0 Å². The van der Waals surface area contributed by atoms with Crippen molar-refractivity contribution in [2.24, 2.45) is 23.2 Å². The fourth-order valence-corrected chi connectivity index (χ4v) is 5.66. The van der Waals surface area contributed by atoms with Crippen LogP contribution >= 0.6 is 0 Å². The van der Waals surface area contributed by atoms with Crippen molar-refractivity contribution in [1.82, 2.24) is 10.2 Å². The molecular weight excluding hydrogens is 232 g/mol. The van der Waals surface area contributed by atoms with Gasteiger partial charge < -0.3 is 10.2 Å². The predicted molar refractivity (Wildman–Crippen MR) is 81.3 cm³/mol. The van der Waals surface area contributed by atoms with Gasteiger partial charge in [-0.05, 0) is 108 Å². The molecule has 4 fully saturated rings. The van der Waals surface area contributed by atoms with Crippen LogP contribution in [0.1, 0.15) is 51.4 Å². The molecule has 0 spiro atoms. The Bertz CT molecular complexity index is 264. The quantitative estimate of drug-likeness (QED) is 0.711. The molecule has 110 valence electrons. The lowest BCUT2D eigenvalue weighted by atomic mass is 9.49. The normalized spacial score (nSPS) is 40.3. The summed E-state index contributed by atoms with van der Waals surface area (Å²) in [6.07, 6.45) is 12.2. The fourth-order valence-electron chi connectivity index (χ4n) is 5.66. The van der Waals surface area contributed by atoms with Crippen LogP contribution in [0.25, 0.3) is 0 Å². The number of hydrogen-bond donors (Lipinski definition) is 1. The lowest BCUT2D eigenvalue weighted by molar-refractivity contribution is -0.0602. The van der Waals surface area contributed by atoms with Gasteiger partial charge in [0.15, 0.2) is 0 Å². The molecule has 0 atom stereocenters. The van der Waals surface area contributed by atoms with Crippen molar-refractivity contribution >= 4 is 0 Å². The second kappa shape index (κ2) is 5.73. The Morgan fingerprint density at radius 1 is 1.00 bits per heavy atom. The molecule has 4 saturated carbocycles. The molecule has 4 aliphatic rings. The lowest BCUT2D eigenvalue weighted by Gasteiger charge is -2.57. The third-order valence-electron chi connectivity index (χ3n) is 6.16. The van der Waals surface area contributed by atoms with Crippen LogP contribution in [0, 0.1) is 23.2 Å². The Labute approximate surface area is 119 Å². The van der Waals surface area contributed by atoms with Crippen molar-refractivity contribution in [2.45, 2.75) is 51.4 Å². The minimum absolute atomic E-state index is 0.770. The monoisotopic (exact) mass is 264 g/mol. The molecule has 0 saturated heterocycles. The van der Waals surface area contributed by atoms with E-state index in [1.807, 2.05) is 0 Å². The highest BCUT2D eigenvalue weighted by Crippen LogP contribution is 2.61. The highest BCUT2D eigenvalue weighted by atomic mass is 15.1. The van der Waals surface area contributed by atoms with Crippen LogP contribution in [0.5, 0.6) is 0 Å². The molecule has 2 heteroatoms. The summed E-state index contributed by atoms with van der Waals surface area (Å²) in [7, 11) is 4.37. The molecule has 4 bridgehead atoms. The van der Waals surface area contributed by atoms with Crippen molar-refractivity contribution in [2.75, 3.05) is 33.7 Å². The van der Waals surface area contributed by atoms with Gasteiger partial charge in [0.1, 0.15) is 0 Å². The van der Waals surface area contributed by atoms with Gasteiger partial charge in [-0.15, -0.1) is 0 Å². The van der Waals surface area contributed by atoms with Crippen LogP contribution in [0.15, 0.2) is 0 Å². The molecule has 0 heterocycles. The van der Waals surface area contributed by atoms with E-state index in [1.165, 1.54) is 25.9 Å². The van der Waals surface area contributed by atoms with Crippen LogP contribution < -0.4 is 5.32 Å². The Hall–Kier alpha value is -0.0800. The summed E-state index contributed by atoms with van der Waals surface area (Å²) in [5.41, 5.74) is 0.770. The first-order valence-electron chi connectivity index (χ1n) is 8.52. The largest absolute Gasteiger partial charge is 0.320 e. The van der Waals surface area contributed by atoms with Crippen LogP contribution in [-0.2, 0) is 0 Å². The highest BCUT2D eigenvalue weighted by molar-refractivity contribution is 5.01. The van der Waals surface area contributed by atoms with Crippen LogP contribution in [0.4, 0.5) is 0 Å². The fraction of sp³-hybridized carbons (Fsp3) is 1.00. The first-order chi connectivity index (χ1) is 9.19. The molecule has 4 rings (SSSR count). The number of nitrogens with zero attached hydrogens (tertiary/aromatic N) is 1. The summed E-state index contributed by atoms with van der Waals surface area (Å²) < 4.78 is 0. The van der Waals surface area contributed by atoms with Gasteiger partial charge in [0.05, 0.1) is 0 Å². The Balaban J connectivity index is 1.47. The third-order valence-corrected chi connectivity index (χ3v) is 6.16. The van der Waals surface area contributed by atoms with E-state index in [2.05, 4.69) is 24.3 Å². The van der Waals surface area contributed by atoms with E-state index < -0.39 is 0 Å². The maximum absolute atomic E-state index is 3.25. The molecule has 0 radical (unpaired) electrons. The first kappa shape index (κ1) is 13.9. The van der Waals surface area contributed by atoms with Gasteiger partial charge in [-0.25, -0.2) is 0 Å². The molecular formula is C17H32N2. The van der Waals surface area contributed by atoms with E-state index in [1.54, 1.807) is 38.5 Å². The summed E-state index contributed by atoms with van der Waals surface area (Å²) in [6, 6.07) is 0. The second-order valence-corrected chi connectivity index (χ2v) is 7.93. The summed E-state index contributed by atoms with van der Waals surface area (Å²) in [4.78, 5) is 2.57. The van der Waals surface area contributed by atoms with Crippen molar-refractivity contribution in [1.29, 1.82) is 0 Å². The second-order valence-electron chi connectivity index (χ2n) is 7.93. The topological polar surface area (TPSA) is 15.3 Å². The third kappa shape index (κ3) is 3.16. The first-order valence-corrected chi connectivity index (χ1v) is 8.52. The summed E-state index contributed by atoms with van der Waals surface area (Å²) in [5, 5.41) is 3.25. The molecule has 2 nitrogen and oxygen atoms in total. The summed E-state index contributed by atoms with van der Waals surface area (Å²) in [5.74, 6) is 3.34. The van der Waals surface area contributed by atoms with Crippen molar-refractivity contribution < 1.29 is 0 Å². The minimum Gasteiger partial charge on any atom is -0.320 e. The number of rotatable bonds is 7. The zero-order valence-corrected chi connectivity index (χ0v) is 13.0. The van der Waals surface area contributed by atoms with Crippen LogP contribution in [0.2, 0.25) is 0 Å². The zero-order valence-electron chi connectivity index (χ0n) is 13.0. The standard InChI is InChI=1S/C17H32N2/c1-18-5-3-6-19(2)7-4-17-11-14-8-15(12-17)10-16(9-14)13-17/h14-16,18H,3-13H2,1-2H3. The molecule has 1 N–H and O–H groups in total. The van der Waals surface area contributed by atoms with Crippen LogP contribution in [0.3, 0.4) is 0 Å². The SMILES string of the molecule is CNCCCN(C)CCC12CC3CC(CC(C3)C1)C2. The average molecular weight is 264 g/mol. The van der Waals surface area contributed by atoms with E-state index >= 15 is 0 Å². The molecule has 0 unspecified atom stereocenters. The van der Waals surface area contributed by atoms with E-state index in [-0.39, 0.29) is 0 Å². The average Bonchev–Trinajstić information content (AvgIpc) is 2.35. The van der Waals surface area contributed by atoms with Crippen molar-refractivity contribution in [3.05, 3.63) is 0 Å². The molecule has 0 aromatic carbocycles. The molecule has 0 aromatic rings. The predicted octanol–water partition coefficient (Wildman–Crippen LogP) is 3.13. The number of nitrogens with one attached hydrogen (secondary N) is 1. The van der Waals surface area contributed by atoms with Gasteiger partial charge in [-0.1, -0.05) is 0 Å². The van der Waals surface area contributed by atoms with Gasteiger partial charge in [-0.2, -0.15) is 0 Å². The van der Waals surface area contributed by atoms with Crippen molar-refractivity contribution in [3.8, 4) is 0 Å². The van der Waals surface area contributed by atoms with Gasteiger partial charge in [0.2, 0.25) is 0 Å². The van der Waals surface area contributed by atoms with Gasteiger partial charge in [0.25, 0.3) is 0 Å². The summed E-state index contributed by atoms with van der Waals surface area (Å²) in [6.45, 7) is 3.74. The Morgan fingerprint density at radius 3 is 2.11 bits per heavy atom. The Kier molecular flexibility index (Phi) is 4.19. The zero-order chi connectivity index (χ0) is 13.3. The summed E-state index contributed by atoms with van der Waals surface area (Å²) >= 11 is 0. The minimum atomic E-state index is 0.770. The molecule has 0 aliphatic heterocycles. The maximum atomic E-state index is 3.25. The lowest BCUT2D eigenvalue weighted by Crippen LogP contribution is -2.47. The molecule has 0 amide bonds. The van der Waals surface area contributed by atoms with Crippen LogP contribution in [-0.4, -0.2) is 38.6 Å². The van der Waals surface area contributed by atoms with Gasteiger partial charge >= 0.3 is 0 Å². The maximum Gasteiger partial charge on any atom is -0.000969 e. The molecule has 19 heavy (non-hydrogen) atoms. The number of hydrogen-bond acceptors (Lipinski definition) is 2. The van der Waals surface area contributed by atoms with Gasteiger partial charge in [0, 0.05) is 0 Å². The van der Waals surface area contributed by atoms with Gasteiger partial charge in [-0.3, -0.25) is 0 Å². The Morgan fingerprint density at radius 2 is 1.58 bits per heavy atom.